The fourth-order valence-corrected chi connectivity index (χ4v) is 2.84. The number of ether oxygens (including phenoxy) is 1. The van der Waals surface area contributed by atoms with Crippen molar-refractivity contribution in [1.82, 2.24) is 15.3 Å². The highest BCUT2D eigenvalue weighted by Crippen LogP contribution is 2.32. The molecule has 1 atom stereocenters. The van der Waals surface area contributed by atoms with E-state index in [1.54, 1.807) is 13.2 Å². The SMILES string of the molecule is COc1ccc2c(NC(C)NCCCl)c3nc(Cl)ccc3nc2c1.Cl.Cl. The summed E-state index contributed by atoms with van der Waals surface area (Å²) in [4.78, 5) is 9.13. The normalized spacial score (nSPS) is 11.5. The maximum absolute atomic E-state index is 6.09. The number of anilines is 1. The van der Waals surface area contributed by atoms with E-state index in [1.807, 2.05) is 31.2 Å². The largest absolute Gasteiger partial charge is 0.497 e. The van der Waals surface area contributed by atoms with Crippen LogP contribution in [0.25, 0.3) is 21.9 Å². The molecule has 1 aromatic carbocycles. The fraction of sp³-hybridized carbons (Fsp3) is 0.294. The van der Waals surface area contributed by atoms with Crippen molar-refractivity contribution in [3.63, 3.8) is 0 Å². The maximum Gasteiger partial charge on any atom is 0.130 e. The van der Waals surface area contributed by atoms with Crippen molar-refractivity contribution in [3.05, 3.63) is 35.5 Å². The van der Waals surface area contributed by atoms with Crippen LogP contribution in [0.15, 0.2) is 30.3 Å². The molecule has 2 heterocycles. The molecule has 2 N–H and O–H groups in total. The van der Waals surface area contributed by atoms with E-state index in [9.17, 15) is 0 Å². The van der Waals surface area contributed by atoms with Crippen molar-refractivity contribution in [1.29, 1.82) is 0 Å². The van der Waals surface area contributed by atoms with Gasteiger partial charge in [-0.2, -0.15) is 0 Å². The molecule has 0 radical (unpaired) electrons. The number of nitrogens with one attached hydrogen (secondary N) is 2. The third-order valence-electron chi connectivity index (χ3n) is 3.70. The highest BCUT2D eigenvalue weighted by Gasteiger charge is 2.13. The Bertz CT molecular complexity index is 878. The van der Waals surface area contributed by atoms with E-state index in [0.29, 0.717) is 17.6 Å². The Morgan fingerprint density at radius 1 is 1.12 bits per heavy atom. The van der Waals surface area contributed by atoms with Gasteiger partial charge in [0.05, 0.1) is 30.0 Å². The second-order valence-corrected chi connectivity index (χ2v) is 6.15. The minimum atomic E-state index is 0. The summed E-state index contributed by atoms with van der Waals surface area (Å²) in [6.45, 7) is 2.73. The molecule has 3 aromatic rings. The third kappa shape index (κ3) is 4.93. The van der Waals surface area contributed by atoms with Gasteiger partial charge in [-0.1, -0.05) is 11.6 Å². The number of pyridine rings is 2. The Morgan fingerprint density at radius 3 is 2.58 bits per heavy atom. The van der Waals surface area contributed by atoms with Gasteiger partial charge in [-0.3, -0.25) is 5.32 Å². The quantitative estimate of drug-likeness (QED) is 0.249. The van der Waals surface area contributed by atoms with Crippen molar-refractivity contribution in [2.24, 2.45) is 0 Å². The first-order valence-electron chi connectivity index (χ1n) is 7.62. The van der Waals surface area contributed by atoms with Crippen LogP contribution < -0.4 is 15.4 Å². The predicted molar refractivity (Wildman–Crippen MR) is 115 cm³/mol. The van der Waals surface area contributed by atoms with Gasteiger partial charge < -0.3 is 10.1 Å². The molecule has 0 saturated carbocycles. The van der Waals surface area contributed by atoms with Gasteiger partial charge in [-0.15, -0.1) is 36.4 Å². The van der Waals surface area contributed by atoms with Gasteiger partial charge in [0.25, 0.3) is 0 Å². The fourth-order valence-electron chi connectivity index (χ4n) is 2.59. The zero-order valence-electron chi connectivity index (χ0n) is 14.3. The van der Waals surface area contributed by atoms with Gasteiger partial charge in [0.15, 0.2) is 0 Å². The first-order valence-corrected chi connectivity index (χ1v) is 8.53. The van der Waals surface area contributed by atoms with E-state index in [4.69, 9.17) is 27.9 Å². The maximum atomic E-state index is 6.09. The summed E-state index contributed by atoms with van der Waals surface area (Å²) in [5.74, 6) is 1.31. The smallest absolute Gasteiger partial charge is 0.130 e. The summed E-state index contributed by atoms with van der Waals surface area (Å²) in [6, 6.07) is 9.39. The second-order valence-electron chi connectivity index (χ2n) is 5.38. The molecule has 0 aliphatic heterocycles. The molecule has 1 unspecified atom stereocenters. The standard InChI is InChI=1S/C17H18Cl2N4O.2ClH/c1-10(20-8-7-18)21-16-12-4-3-11(24-2)9-14(12)22-13-5-6-15(19)23-17(13)16;;/h3-6,9-10,20H,7-8H2,1-2H3,(H,21,22);2*1H. The first-order chi connectivity index (χ1) is 11.6. The number of rotatable bonds is 6. The van der Waals surface area contributed by atoms with Gasteiger partial charge in [0, 0.05) is 23.9 Å². The molecule has 2 aromatic heterocycles. The third-order valence-corrected chi connectivity index (χ3v) is 4.10. The van der Waals surface area contributed by atoms with Crippen molar-refractivity contribution in [2.75, 3.05) is 24.9 Å². The number of benzene rings is 1. The Labute approximate surface area is 174 Å². The molecule has 0 aliphatic carbocycles. The van der Waals surface area contributed by atoms with Crippen LogP contribution in [-0.2, 0) is 0 Å². The lowest BCUT2D eigenvalue weighted by Gasteiger charge is -2.19. The van der Waals surface area contributed by atoms with E-state index in [1.165, 1.54) is 0 Å². The number of aromatic nitrogens is 2. The Hall–Kier alpha value is -1.24. The Kier molecular flexibility index (Phi) is 8.93. The van der Waals surface area contributed by atoms with Crippen LogP contribution in [0.4, 0.5) is 5.69 Å². The second kappa shape index (κ2) is 10.2. The summed E-state index contributed by atoms with van der Waals surface area (Å²) < 4.78 is 5.30. The number of hydrogen-bond acceptors (Lipinski definition) is 5. The number of methoxy groups -OCH3 is 1. The van der Waals surface area contributed by atoms with Crippen molar-refractivity contribution in [3.8, 4) is 5.75 Å². The van der Waals surface area contributed by atoms with Gasteiger partial charge >= 0.3 is 0 Å². The number of alkyl halides is 1. The zero-order valence-corrected chi connectivity index (χ0v) is 17.4. The van der Waals surface area contributed by atoms with Crippen molar-refractivity contribution < 1.29 is 4.74 Å². The number of fused-ring (bicyclic) bond motifs is 2. The first kappa shape index (κ1) is 22.8. The molecule has 26 heavy (non-hydrogen) atoms. The molecule has 5 nitrogen and oxygen atoms in total. The lowest BCUT2D eigenvalue weighted by molar-refractivity contribution is 0.415. The lowest BCUT2D eigenvalue weighted by Crippen LogP contribution is -2.34. The van der Waals surface area contributed by atoms with Gasteiger partial charge in [-0.25, -0.2) is 9.97 Å². The molecular formula is C17H20Cl4N4O. The molecule has 142 valence electrons. The number of hydrogen-bond donors (Lipinski definition) is 2. The Balaban J connectivity index is 0.00000169. The van der Waals surface area contributed by atoms with E-state index < -0.39 is 0 Å². The minimum Gasteiger partial charge on any atom is -0.497 e. The van der Waals surface area contributed by atoms with Gasteiger partial charge in [0.2, 0.25) is 0 Å². The van der Waals surface area contributed by atoms with Crippen LogP contribution in [0.3, 0.4) is 0 Å². The van der Waals surface area contributed by atoms with E-state index >= 15 is 0 Å². The predicted octanol–water partition coefficient (Wildman–Crippen LogP) is 4.87. The highest BCUT2D eigenvalue weighted by molar-refractivity contribution is 6.30. The Morgan fingerprint density at radius 2 is 1.88 bits per heavy atom. The van der Waals surface area contributed by atoms with E-state index in [-0.39, 0.29) is 31.0 Å². The van der Waals surface area contributed by atoms with Crippen molar-refractivity contribution in [2.45, 2.75) is 13.1 Å². The average molecular weight is 438 g/mol. The molecular weight excluding hydrogens is 418 g/mol. The van der Waals surface area contributed by atoms with Crippen LogP contribution in [0.5, 0.6) is 5.75 Å². The van der Waals surface area contributed by atoms with E-state index in [2.05, 4.69) is 20.6 Å². The number of nitrogens with zero attached hydrogens (tertiary/aromatic N) is 2. The van der Waals surface area contributed by atoms with Crippen LogP contribution in [-0.4, -0.2) is 35.7 Å². The van der Waals surface area contributed by atoms with Gasteiger partial charge in [0.1, 0.15) is 16.4 Å². The van der Waals surface area contributed by atoms with Crippen LogP contribution in [0.1, 0.15) is 6.92 Å². The zero-order chi connectivity index (χ0) is 17.1. The van der Waals surface area contributed by atoms with Crippen LogP contribution in [0.2, 0.25) is 5.15 Å². The molecule has 0 fully saturated rings. The summed E-state index contributed by atoms with van der Waals surface area (Å²) in [6.07, 6.45) is 0.0143. The highest BCUT2D eigenvalue weighted by atomic mass is 35.5. The summed E-state index contributed by atoms with van der Waals surface area (Å²) >= 11 is 11.8. The molecule has 3 rings (SSSR count). The summed E-state index contributed by atoms with van der Waals surface area (Å²) in [5, 5.41) is 8.14. The van der Waals surface area contributed by atoms with Gasteiger partial charge in [-0.05, 0) is 31.2 Å². The number of halogens is 4. The van der Waals surface area contributed by atoms with E-state index in [0.717, 1.165) is 33.4 Å². The topological polar surface area (TPSA) is 59.1 Å². The van der Waals surface area contributed by atoms with Crippen molar-refractivity contribution >= 4 is 75.6 Å². The molecule has 0 spiro atoms. The minimum absolute atomic E-state index is 0. The van der Waals surface area contributed by atoms with Crippen LogP contribution in [0, 0.1) is 0 Å². The van der Waals surface area contributed by atoms with Crippen LogP contribution >= 0.6 is 48.0 Å². The molecule has 9 heteroatoms. The average Bonchev–Trinajstić information content (AvgIpc) is 2.59. The molecule has 0 saturated heterocycles. The molecule has 0 bridgehead atoms. The summed E-state index contributed by atoms with van der Waals surface area (Å²) in [7, 11) is 1.64. The summed E-state index contributed by atoms with van der Waals surface area (Å²) in [5.41, 5.74) is 3.22. The monoisotopic (exact) mass is 436 g/mol. The molecule has 0 aliphatic rings. The molecule has 0 amide bonds. The lowest BCUT2D eigenvalue weighted by atomic mass is 10.1.